The molecule has 1 amide bonds. The molecule has 0 unspecified atom stereocenters. The number of carbonyl (C=O) groups excluding carboxylic acids is 1. The Balaban J connectivity index is 1.47. The fraction of sp³-hybridized carbons (Fsp3) is 0.444. The summed E-state index contributed by atoms with van der Waals surface area (Å²) in [5, 5.41) is 2.93. The summed E-state index contributed by atoms with van der Waals surface area (Å²) in [6.45, 7) is 11.7. The van der Waals surface area contributed by atoms with Crippen molar-refractivity contribution in [2.45, 2.75) is 96.5 Å². The molecule has 11 heteroatoms. The lowest BCUT2D eigenvalue weighted by molar-refractivity contribution is -0.123. The number of nitrogens with one attached hydrogen (secondary N) is 2. The quantitative estimate of drug-likeness (QED) is 0.114. The van der Waals surface area contributed by atoms with Gasteiger partial charge in [0.1, 0.15) is 17.4 Å². The van der Waals surface area contributed by atoms with E-state index in [0.29, 0.717) is 24.0 Å². The number of rotatable bonds is 14. The fourth-order valence-electron chi connectivity index (χ4n) is 6.08. The normalized spacial score (nSPS) is 14.6. The molecule has 4 rings (SSSR count). The second-order valence-corrected chi connectivity index (χ2v) is 14.8. The minimum atomic E-state index is -4.08. The highest BCUT2D eigenvalue weighted by molar-refractivity contribution is 7.89. The van der Waals surface area contributed by atoms with Gasteiger partial charge in [0.05, 0.1) is 4.90 Å². The number of hydrogen-bond donors (Lipinski definition) is 4. The van der Waals surface area contributed by atoms with Crippen molar-refractivity contribution in [3.8, 4) is 5.75 Å². The first-order valence-electron chi connectivity index (χ1n) is 16.1. The third-order valence-corrected chi connectivity index (χ3v) is 10.5. The topological polar surface area (TPSA) is 152 Å². The van der Waals surface area contributed by atoms with Gasteiger partial charge in [-0.1, -0.05) is 54.6 Å². The largest absolute Gasteiger partial charge is 0.487 e. The maximum atomic E-state index is 14.0. The predicted molar refractivity (Wildman–Crippen MR) is 188 cm³/mol. The Morgan fingerprint density at radius 1 is 0.957 bits per heavy atom. The lowest BCUT2D eigenvalue weighted by Gasteiger charge is -2.35. The number of carbonyl (C=O) groups is 1. The number of ether oxygens (including phenoxy) is 1. The highest BCUT2D eigenvalue weighted by atomic mass is 32.2. The van der Waals surface area contributed by atoms with E-state index in [1.807, 2.05) is 70.2 Å². The zero-order valence-electron chi connectivity index (χ0n) is 28.5. The Kier molecular flexibility index (Phi) is 11.7. The maximum Gasteiger partial charge on any atom is 0.241 e. The second-order valence-electron chi connectivity index (χ2n) is 13.2. The van der Waals surface area contributed by atoms with Gasteiger partial charge < -0.3 is 21.5 Å². The summed E-state index contributed by atoms with van der Waals surface area (Å²) < 4.78 is 37.0. The average Bonchev–Trinajstić information content (AvgIpc) is 3.00. The van der Waals surface area contributed by atoms with Crippen molar-refractivity contribution in [1.82, 2.24) is 14.9 Å². The molecule has 1 aliphatic rings. The number of benzene rings is 3. The van der Waals surface area contributed by atoms with Crippen LogP contribution in [0.15, 0.2) is 64.5 Å². The molecule has 0 spiro atoms. The Hall–Kier alpha value is -3.93. The van der Waals surface area contributed by atoms with E-state index in [0.717, 1.165) is 47.5 Å². The van der Waals surface area contributed by atoms with Gasteiger partial charge in [-0.2, -0.15) is 4.72 Å². The molecule has 1 atom stereocenters. The van der Waals surface area contributed by atoms with Gasteiger partial charge in [0, 0.05) is 26.2 Å². The number of nitrogens with zero attached hydrogens (tertiary/aromatic N) is 2. The second kappa shape index (κ2) is 15.3. The van der Waals surface area contributed by atoms with Crippen LogP contribution in [0.2, 0.25) is 0 Å². The molecular weight excluding hydrogens is 613 g/mol. The number of aliphatic imine (C=N–C) groups is 1. The van der Waals surface area contributed by atoms with Crippen LogP contribution in [0.1, 0.15) is 72.1 Å². The van der Waals surface area contributed by atoms with Crippen molar-refractivity contribution >= 4 is 21.9 Å². The van der Waals surface area contributed by atoms with Crippen LogP contribution >= 0.6 is 0 Å². The average molecular weight is 663 g/mol. The van der Waals surface area contributed by atoms with Gasteiger partial charge in [-0.05, 0) is 106 Å². The Morgan fingerprint density at radius 3 is 2.21 bits per heavy atom. The van der Waals surface area contributed by atoms with E-state index in [2.05, 4.69) is 39.1 Å². The zero-order valence-corrected chi connectivity index (χ0v) is 29.3. The lowest BCUT2D eigenvalue weighted by atomic mass is 9.88. The Morgan fingerprint density at radius 2 is 1.57 bits per heavy atom. The van der Waals surface area contributed by atoms with E-state index in [1.165, 1.54) is 5.56 Å². The summed E-state index contributed by atoms with van der Waals surface area (Å²) in [5.41, 5.74) is 16.9. The first-order valence-corrected chi connectivity index (χ1v) is 17.6. The summed E-state index contributed by atoms with van der Waals surface area (Å²) in [6, 6.07) is 17.4. The van der Waals surface area contributed by atoms with Crippen LogP contribution in [0.4, 0.5) is 0 Å². The fourth-order valence-corrected chi connectivity index (χ4v) is 7.88. The van der Waals surface area contributed by atoms with Crippen molar-refractivity contribution in [2.75, 3.05) is 13.6 Å². The van der Waals surface area contributed by atoms with E-state index in [1.54, 1.807) is 6.92 Å². The molecule has 254 valence electrons. The third kappa shape index (κ3) is 9.56. The van der Waals surface area contributed by atoms with Gasteiger partial charge in [-0.15, -0.1) is 0 Å². The molecule has 1 aliphatic heterocycles. The van der Waals surface area contributed by atoms with Gasteiger partial charge in [-0.25, -0.2) is 8.42 Å². The monoisotopic (exact) mass is 662 g/mol. The molecule has 0 aliphatic carbocycles. The molecule has 6 N–H and O–H groups in total. The van der Waals surface area contributed by atoms with Crippen molar-refractivity contribution < 1.29 is 17.9 Å². The molecule has 1 heterocycles. The van der Waals surface area contributed by atoms with Crippen LogP contribution < -0.4 is 26.2 Å². The summed E-state index contributed by atoms with van der Waals surface area (Å²) in [4.78, 5) is 20.0. The minimum Gasteiger partial charge on any atom is -0.487 e. The van der Waals surface area contributed by atoms with E-state index in [4.69, 9.17) is 16.2 Å². The van der Waals surface area contributed by atoms with Crippen LogP contribution in [-0.2, 0) is 40.9 Å². The maximum absolute atomic E-state index is 14.0. The summed E-state index contributed by atoms with van der Waals surface area (Å²) in [5.74, 6) is 0.290. The highest BCUT2D eigenvalue weighted by Crippen LogP contribution is 2.42. The van der Waals surface area contributed by atoms with Crippen molar-refractivity contribution in [3.63, 3.8) is 0 Å². The van der Waals surface area contributed by atoms with Crippen LogP contribution in [-0.4, -0.2) is 50.4 Å². The number of sulfonamides is 1. The summed E-state index contributed by atoms with van der Waals surface area (Å²) in [6.07, 6.45) is 2.11. The van der Waals surface area contributed by atoms with Crippen LogP contribution in [0.25, 0.3) is 0 Å². The molecule has 0 bridgehead atoms. The molecule has 0 saturated heterocycles. The van der Waals surface area contributed by atoms with Gasteiger partial charge >= 0.3 is 0 Å². The van der Waals surface area contributed by atoms with E-state index in [-0.39, 0.29) is 36.0 Å². The van der Waals surface area contributed by atoms with Crippen LogP contribution in [0.3, 0.4) is 0 Å². The van der Waals surface area contributed by atoms with Gasteiger partial charge in [0.25, 0.3) is 0 Å². The molecule has 3 aromatic rings. The van der Waals surface area contributed by atoms with Crippen LogP contribution in [0.5, 0.6) is 5.75 Å². The standard InChI is InChI=1S/C36H50N6O4S/c1-24-25(2)33(26(3)30-18-19-36(4,5)46-32(24)30)47(44,45)41-31(13-10-20-39-35(37)38)34(43)40-21-27-14-16-29(17-15-27)23-42(6)22-28-11-8-7-9-12-28/h7-9,11-12,14-17,31,41H,10,13,18-23H2,1-6H3,(H,40,43)(H4,37,38,39)/t31-/m1/s1. The smallest absolute Gasteiger partial charge is 0.241 e. The molecular formula is C36H50N6O4S. The number of nitrogens with two attached hydrogens (primary N) is 2. The number of guanidine groups is 1. The van der Waals surface area contributed by atoms with Crippen molar-refractivity contribution in [2.24, 2.45) is 16.5 Å². The van der Waals surface area contributed by atoms with E-state index in [9.17, 15) is 13.2 Å². The Bertz CT molecular complexity index is 1680. The van der Waals surface area contributed by atoms with E-state index >= 15 is 0 Å². The van der Waals surface area contributed by atoms with Gasteiger partial charge in [0.2, 0.25) is 15.9 Å². The first-order chi connectivity index (χ1) is 22.2. The van der Waals surface area contributed by atoms with Gasteiger partial charge in [0.15, 0.2) is 5.96 Å². The van der Waals surface area contributed by atoms with Crippen LogP contribution in [0, 0.1) is 20.8 Å². The number of amides is 1. The van der Waals surface area contributed by atoms with Gasteiger partial charge in [-0.3, -0.25) is 14.7 Å². The summed E-state index contributed by atoms with van der Waals surface area (Å²) >= 11 is 0. The van der Waals surface area contributed by atoms with E-state index < -0.39 is 22.0 Å². The molecule has 0 aromatic heterocycles. The zero-order chi connectivity index (χ0) is 34.4. The predicted octanol–water partition coefficient (Wildman–Crippen LogP) is 4.36. The SMILES string of the molecule is Cc1c(C)c(S(=O)(=O)N[C@H](CCCN=C(N)N)C(=O)NCc2ccc(CN(C)Cc3ccccc3)cc2)c(C)c2c1OC(C)(C)CC2. The molecule has 0 fully saturated rings. The minimum absolute atomic E-state index is 0.0533. The molecule has 0 saturated carbocycles. The molecule has 47 heavy (non-hydrogen) atoms. The molecule has 3 aromatic carbocycles. The highest BCUT2D eigenvalue weighted by Gasteiger charge is 2.35. The lowest BCUT2D eigenvalue weighted by Crippen LogP contribution is -2.47. The number of hydrogen-bond acceptors (Lipinski definition) is 6. The third-order valence-electron chi connectivity index (χ3n) is 8.73. The molecule has 0 radical (unpaired) electrons. The summed E-state index contributed by atoms with van der Waals surface area (Å²) in [7, 11) is -2.00. The molecule has 10 nitrogen and oxygen atoms in total. The number of fused-ring (bicyclic) bond motifs is 1. The van der Waals surface area contributed by atoms with Crippen molar-refractivity contribution in [1.29, 1.82) is 0 Å². The Labute approximate surface area is 280 Å². The first kappa shape index (κ1) is 35.9. The van der Waals surface area contributed by atoms with Crippen molar-refractivity contribution in [3.05, 3.63) is 93.5 Å².